The van der Waals surface area contributed by atoms with Crippen LogP contribution in [0.15, 0.2) is 12.7 Å². The van der Waals surface area contributed by atoms with Gasteiger partial charge in [-0.25, -0.2) is 4.79 Å². The molecule has 0 aliphatic heterocycles. The molecule has 0 fully saturated rings. The highest BCUT2D eigenvalue weighted by atomic mass is 19.4. The van der Waals surface area contributed by atoms with Crippen LogP contribution in [0.1, 0.15) is 96.8 Å². The minimum Gasteiger partial charge on any atom is -0.464 e. The summed E-state index contributed by atoms with van der Waals surface area (Å²) in [6, 6.07) is -1.36. The second kappa shape index (κ2) is 17.3. The number of halogens is 3. The first kappa shape index (κ1) is 27.5. The highest BCUT2D eigenvalue weighted by Gasteiger charge is 2.40. The molecule has 29 heavy (non-hydrogen) atoms. The molecule has 0 saturated carbocycles. The molecular formula is C22H38F3NO3. The summed E-state index contributed by atoms with van der Waals surface area (Å²) < 4.78 is 41.9. The van der Waals surface area contributed by atoms with Crippen molar-refractivity contribution in [3.8, 4) is 0 Å². The SMILES string of the molecule is C=CCC(NC(=O)C(F)(F)F)C(=O)OCCCCCCCCCCCCCCC. The molecule has 0 saturated heterocycles. The van der Waals surface area contributed by atoms with Crippen LogP contribution in [0, 0.1) is 0 Å². The van der Waals surface area contributed by atoms with Gasteiger partial charge in [0.05, 0.1) is 6.61 Å². The number of amides is 1. The molecule has 0 rings (SSSR count). The molecule has 1 N–H and O–H groups in total. The van der Waals surface area contributed by atoms with Gasteiger partial charge in [0.1, 0.15) is 6.04 Å². The zero-order chi connectivity index (χ0) is 22.0. The quantitative estimate of drug-likeness (QED) is 0.162. The van der Waals surface area contributed by atoms with Crippen LogP contribution < -0.4 is 5.32 Å². The van der Waals surface area contributed by atoms with E-state index in [0.717, 1.165) is 19.3 Å². The van der Waals surface area contributed by atoms with Crippen molar-refractivity contribution in [3.63, 3.8) is 0 Å². The lowest BCUT2D eigenvalue weighted by Crippen LogP contribution is -2.47. The maximum absolute atomic E-state index is 12.3. The van der Waals surface area contributed by atoms with E-state index in [2.05, 4.69) is 13.5 Å². The van der Waals surface area contributed by atoms with E-state index in [4.69, 9.17) is 4.74 Å². The van der Waals surface area contributed by atoms with Gasteiger partial charge < -0.3 is 10.1 Å². The number of esters is 1. The minimum atomic E-state index is -5.03. The first-order valence-electron chi connectivity index (χ1n) is 11.0. The number of rotatable bonds is 18. The highest BCUT2D eigenvalue weighted by molar-refractivity contribution is 5.87. The molecule has 7 heteroatoms. The van der Waals surface area contributed by atoms with Gasteiger partial charge in [0.15, 0.2) is 0 Å². The topological polar surface area (TPSA) is 55.4 Å². The number of unbranched alkanes of at least 4 members (excludes halogenated alkanes) is 12. The zero-order valence-corrected chi connectivity index (χ0v) is 17.8. The molecule has 170 valence electrons. The smallest absolute Gasteiger partial charge is 0.464 e. The van der Waals surface area contributed by atoms with E-state index < -0.39 is 24.1 Å². The van der Waals surface area contributed by atoms with Crippen molar-refractivity contribution in [2.45, 2.75) is 109 Å². The van der Waals surface area contributed by atoms with Gasteiger partial charge in [0.25, 0.3) is 0 Å². The largest absolute Gasteiger partial charge is 0.471 e. The van der Waals surface area contributed by atoms with Gasteiger partial charge in [-0.1, -0.05) is 90.0 Å². The predicted molar refractivity (Wildman–Crippen MR) is 109 cm³/mol. The normalized spacial score (nSPS) is 12.4. The molecule has 0 aliphatic rings. The molecule has 0 aromatic rings. The molecule has 4 nitrogen and oxygen atoms in total. The summed E-state index contributed by atoms with van der Waals surface area (Å²) in [5.74, 6) is -3.01. The van der Waals surface area contributed by atoms with Crippen molar-refractivity contribution >= 4 is 11.9 Å². The summed E-state index contributed by atoms with van der Waals surface area (Å²) in [5, 5.41) is 1.65. The van der Waals surface area contributed by atoms with E-state index in [0.29, 0.717) is 6.42 Å². The number of carbonyl (C=O) groups is 2. The fourth-order valence-corrected chi connectivity index (χ4v) is 3.01. The molecular weight excluding hydrogens is 383 g/mol. The van der Waals surface area contributed by atoms with Crippen molar-refractivity contribution in [2.24, 2.45) is 0 Å². The van der Waals surface area contributed by atoms with Gasteiger partial charge in [0.2, 0.25) is 0 Å². The van der Waals surface area contributed by atoms with Gasteiger partial charge >= 0.3 is 18.1 Å². The Morgan fingerprint density at radius 2 is 1.34 bits per heavy atom. The molecule has 0 spiro atoms. The van der Waals surface area contributed by atoms with Crippen LogP contribution >= 0.6 is 0 Å². The van der Waals surface area contributed by atoms with Crippen molar-refractivity contribution in [3.05, 3.63) is 12.7 Å². The van der Waals surface area contributed by atoms with Crippen molar-refractivity contribution in [1.29, 1.82) is 0 Å². The Bertz CT molecular complexity index is 453. The molecule has 0 aromatic carbocycles. The maximum atomic E-state index is 12.3. The van der Waals surface area contributed by atoms with E-state index >= 15 is 0 Å². The Morgan fingerprint density at radius 1 is 0.897 bits per heavy atom. The Morgan fingerprint density at radius 3 is 1.76 bits per heavy atom. The first-order chi connectivity index (χ1) is 13.8. The van der Waals surface area contributed by atoms with E-state index in [1.807, 2.05) is 0 Å². The summed E-state index contributed by atoms with van der Waals surface area (Å²) in [5.41, 5.74) is 0. The zero-order valence-electron chi connectivity index (χ0n) is 17.8. The van der Waals surface area contributed by atoms with Crippen LogP contribution in [0.4, 0.5) is 13.2 Å². The summed E-state index contributed by atoms with van der Waals surface area (Å²) in [4.78, 5) is 22.8. The third-order valence-corrected chi connectivity index (χ3v) is 4.74. The van der Waals surface area contributed by atoms with Gasteiger partial charge in [-0.05, 0) is 12.8 Å². The Hall–Kier alpha value is -1.53. The summed E-state index contributed by atoms with van der Waals surface area (Å²) in [6.07, 6.45) is 11.6. The van der Waals surface area contributed by atoms with Crippen LogP contribution in [-0.2, 0) is 14.3 Å². The predicted octanol–water partition coefficient (Wildman–Crippen LogP) is 6.24. The van der Waals surface area contributed by atoms with Crippen molar-refractivity contribution < 1.29 is 27.5 Å². The highest BCUT2D eigenvalue weighted by Crippen LogP contribution is 2.15. The maximum Gasteiger partial charge on any atom is 0.471 e. The van der Waals surface area contributed by atoms with E-state index in [-0.39, 0.29) is 13.0 Å². The van der Waals surface area contributed by atoms with Crippen LogP contribution in [0.5, 0.6) is 0 Å². The second-order valence-corrected chi connectivity index (χ2v) is 7.46. The number of ether oxygens (including phenoxy) is 1. The number of hydrogen-bond donors (Lipinski definition) is 1. The van der Waals surface area contributed by atoms with Gasteiger partial charge in [-0.2, -0.15) is 13.2 Å². The monoisotopic (exact) mass is 421 g/mol. The number of alkyl halides is 3. The fraction of sp³-hybridized carbons (Fsp3) is 0.818. The third kappa shape index (κ3) is 16.0. The molecule has 0 aromatic heterocycles. The average molecular weight is 422 g/mol. The molecule has 1 atom stereocenters. The van der Waals surface area contributed by atoms with Crippen LogP contribution in [0.3, 0.4) is 0 Å². The lowest BCUT2D eigenvalue weighted by molar-refractivity contribution is -0.175. The Labute approximate surface area is 173 Å². The molecule has 1 unspecified atom stereocenters. The van der Waals surface area contributed by atoms with Gasteiger partial charge in [0, 0.05) is 0 Å². The Balaban J connectivity index is 3.68. The summed E-state index contributed by atoms with van der Waals surface area (Å²) >= 11 is 0. The molecule has 0 bridgehead atoms. The van der Waals surface area contributed by atoms with Gasteiger partial charge in [-0.15, -0.1) is 6.58 Å². The van der Waals surface area contributed by atoms with Gasteiger partial charge in [-0.3, -0.25) is 4.79 Å². The Kier molecular flexibility index (Phi) is 16.4. The van der Waals surface area contributed by atoms with E-state index in [1.165, 1.54) is 63.9 Å². The molecule has 0 heterocycles. The van der Waals surface area contributed by atoms with E-state index in [1.54, 1.807) is 5.32 Å². The number of carbonyl (C=O) groups excluding carboxylic acids is 2. The van der Waals surface area contributed by atoms with Crippen LogP contribution in [-0.4, -0.2) is 30.7 Å². The van der Waals surface area contributed by atoms with E-state index in [9.17, 15) is 22.8 Å². The lowest BCUT2D eigenvalue weighted by Gasteiger charge is -2.17. The average Bonchev–Trinajstić information content (AvgIpc) is 2.66. The summed E-state index contributed by atoms with van der Waals surface area (Å²) in [6.45, 7) is 5.75. The van der Waals surface area contributed by atoms with Crippen molar-refractivity contribution in [2.75, 3.05) is 6.61 Å². The molecule has 1 amide bonds. The third-order valence-electron chi connectivity index (χ3n) is 4.74. The number of nitrogens with one attached hydrogen (secondary N) is 1. The van der Waals surface area contributed by atoms with Crippen LogP contribution in [0.25, 0.3) is 0 Å². The fourth-order valence-electron chi connectivity index (χ4n) is 3.01. The lowest BCUT2D eigenvalue weighted by atomic mass is 10.0. The van der Waals surface area contributed by atoms with Crippen molar-refractivity contribution in [1.82, 2.24) is 5.32 Å². The minimum absolute atomic E-state index is 0.112. The second-order valence-electron chi connectivity index (χ2n) is 7.46. The van der Waals surface area contributed by atoms with Crippen LogP contribution in [0.2, 0.25) is 0 Å². The summed E-state index contributed by atoms with van der Waals surface area (Å²) in [7, 11) is 0. The number of hydrogen-bond acceptors (Lipinski definition) is 3. The molecule has 0 radical (unpaired) electrons. The standard InChI is InChI=1S/C22H38F3NO3/c1-3-5-6-7-8-9-10-11-12-13-14-15-16-18-29-20(27)19(17-4-2)26-21(28)22(23,24)25/h4,19H,2-3,5-18H2,1H3,(H,26,28). The molecule has 0 aliphatic carbocycles. The first-order valence-corrected chi connectivity index (χ1v) is 11.0.